The molecule has 0 bridgehead atoms. The number of nitrogens with zero attached hydrogens (tertiary/aromatic N) is 3. The van der Waals surface area contributed by atoms with E-state index < -0.39 is 6.09 Å². The van der Waals surface area contributed by atoms with E-state index in [1.165, 1.54) is 18.0 Å². The molecule has 110 valence electrons. The number of benzene rings is 1. The van der Waals surface area contributed by atoms with Gasteiger partial charge in [-0.2, -0.15) is 0 Å². The lowest BCUT2D eigenvalue weighted by molar-refractivity contribution is -0.116. The van der Waals surface area contributed by atoms with Gasteiger partial charge in [-0.15, -0.1) is 5.10 Å². The minimum Gasteiger partial charge on any atom is -0.453 e. The first kappa shape index (κ1) is 14.5. The van der Waals surface area contributed by atoms with E-state index in [2.05, 4.69) is 25.7 Å². The van der Waals surface area contributed by atoms with Gasteiger partial charge in [-0.25, -0.2) is 9.48 Å². The maximum absolute atomic E-state index is 11.9. The molecule has 2 aromatic rings. The first-order valence-electron chi connectivity index (χ1n) is 6.18. The zero-order valence-corrected chi connectivity index (χ0v) is 11.7. The van der Waals surface area contributed by atoms with E-state index in [4.69, 9.17) is 0 Å². The van der Waals surface area contributed by atoms with Crippen LogP contribution < -0.4 is 10.6 Å². The fraction of sp³-hybridized carbons (Fsp3) is 0.231. The normalized spacial score (nSPS) is 10.0. The summed E-state index contributed by atoms with van der Waals surface area (Å²) in [6.07, 6.45) is 0.790. The van der Waals surface area contributed by atoms with E-state index >= 15 is 0 Å². The smallest absolute Gasteiger partial charge is 0.412 e. The van der Waals surface area contributed by atoms with Crippen molar-refractivity contribution in [3.63, 3.8) is 0 Å². The van der Waals surface area contributed by atoms with Gasteiger partial charge in [0.1, 0.15) is 6.54 Å². The molecule has 0 spiro atoms. The predicted molar refractivity (Wildman–Crippen MR) is 75.9 cm³/mol. The fourth-order valence-electron chi connectivity index (χ4n) is 1.66. The quantitative estimate of drug-likeness (QED) is 0.886. The lowest BCUT2D eigenvalue weighted by atomic mass is 10.2. The van der Waals surface area contributed by atoms with Crippen LogP contribution in [0.5, 0.6) is 0 Å². The number of aryl methyl sites for hydroxylation is 1. The van der Waals surface area contributed by atoms with Crippen molar-refractivity contribution in [2.45, 2.75) is 13.5 Å². The highest BCUT2D eigenvalue weighted by Gasteiger charge is 2.08. The summed E-state index contributed by atoms with van der Waals surface area (Å²) in [6.45, 7) is 1.93. The number of nitrogens with one attached hydrogen (secondary N) is 2. The molecule has 1 heterocycles. The van der Waals surface area contributed by atoms with Crippen molar-refractivity contribution in [2.24, 2.45) is 0 Å². The van der Waals surface area contributed by atoms with Gasteiger partial charge in [0.25, 0.3) is 0 Å². The lowest BCUT2D eigenvalue weighted by Gasteiger charge is -2.05. The number of aromatic nitrogens is 3. The molecular formula is C13H15N5O3. The van der Waals surface area contributed by atoms with Crippen molar-refractivity contribution < 1.29 is 14.3 Å². The molecule has 2 N–H and O–H groups in total. The van der Waals surface area contributed by atoms with Gasteiger partial charge in [-0.3, -0.25) is 10.1 Å². The Balaban J connectivity index is 1.92. The predicted octanol–water partition coefficient (Wildman–Crippen LogP) is 1.40. The molecule has 8 nitrogen and oxygen atoms in total. The van der Waals surface area contributed by atoms with E-state index in [1.807, 2.05) is 25.1 Å². The van der Waals surface area contributed by atoms with Crippen molar-refractivity contribution in [1.29, 1.82) is 0 Å². The second-order valence-electron chi connectivity index (χ2n) is 4.34. The van der Waals surface area contributed by atoms with Gasteiger partial charge >= 0.3 is 6.09 Å². The van der Waals surface area contributed by atoms with Gasteiger partial charge in [0, 0.05) is 5.69 Å². The molecule has 0 unspecified atom stereocenters. The van der Waals surface area contributed by atoms with Crippen LogP contribution in [0.2, 0.25) is 0 Å². The Labute approximate surface area is 121 Å². The number of methoxy groups -OCH3 is 1. The van der Waals surface area contributed by atoms with E-state index in [-0.39, 0.29) is 18.3 Å². The van der Waals surface area contributed by atoms with Gasteiger partial charge in [0.05, 0.1) is 13.3 Å². The Morgan fingerprint density at radius 2 is 2.14 bits per heavy atom. The standard InChI is InChI=1S/C13H15N5O3/c1-9-4-3-5-10(6-9)14-12(19)8-18-7-11(16-17-18)15-13(20)21-2/h3-7H,8H2,1-2H3,(H,14,19)(H,15,20). The molecule has 0 saturated heterocycles. The molecule has 21 heavy (non-hydrogen) atoms. The van der Waals surface area contributed by atoms with E-state index in [0.29, 0.717) is 5.69 Å². The molecule has 0 fully saturated rings. The largest absolute Gasteiger partial charge is 0.453 e. The number of anilines is 2. The van der Waals surface area contributed by atoms with Gasteiger partial charge < -0.3 is 10.1 Å². The van der Waals surface area contributed by atoms with Crippen LogP contribution in [0.3, 0.4) is 0 Å². The number of ether oxygens (including phenoxy) is 1. The summed E-state index contributed by atoms with van der Waals surface area (Å²) in [5, 5.41) is 12.5. The van der Waals surface area contributed by atoms with Crippen LogP contribution in [0, 0.1) is 6.92 Å². The summed E-state index contributed by atoms with van der Waals surface area (Å²) >= 11 is 0. The molecular weight excluding hydrogens is 274 g/mol. The van der Waals surface area contributed by atoms with Crippen LogP contribution in [0.25, 0.3) is 0 Å². The molecule has 0 aliphatic carbocycles. The van der Waals surface area contributed by atoms with Gasteiger partial charge in [-0.05, 0) is 24.6 Å². The highest BCUT2D eigenvalue weighted by Crippen LogP contribution is 2.09. The number of carbonyl (C=O) groups excluding carboxylic acids is 2. The second-order valence-corrected chi connectivity index (χ2v) is 4.34. The van der Waals surface area contributed by atoms with Crippen molar-refractivity contribution in [2.75, 3.05) is 17.7 Å². The van der Waals surface area contributed by atoms with Crippen molar-refractivity contribution in [3.8, 4) is 0 Å². The zero-order valence-electron chi connectivity index (χ0n) is 11.7. The molecule has 0 atom stereocenters. The van der Waals surface area contributed by atoms with Crippen LogP contribution >= 0.6 is 0 Å². The van der Waals surface area contributed by atoms with Crippen LogP contribution in [-0.4, -0.2) is 34.1 Å². The van der Waals surface area contributed by atoms with Crippen LogP contribution in [-0.2, 0) is 16.1 Å². The van der Waals surface area contributed by atoms with Gasteiger partial charge in [0.2, 0.25) is 5.91 Å². The first-order chi connectivity index (χ1) is 10.1. The molecule has 2 rings (SSSR count). The molecule has 8 heteroatoms. The average molecular weight is 289 g/mol. The Morgan fingerprint density at radius 1 is 1.33 bits per heavy atom. The molecule has 1 aromatic heterocycles. The highest BCUT2D eigenvalue weighted by molar-refractivity contribution is 5.90. The molecule has 0 aliphatic heterocycles. The fourth-order valence-corrected chi connectivity index (χ4v) is 1.66. The van der Waals surface area contributed by atoms with Crippen LogP contribution in [0.1, 0.15) is 5.56 Å². The molecule has 0 aliphatic rings. The van der Waals surface area contributed by atoms with E-state index in [0.717, 1.165) is 5.56 Å². The number of carbonyl (C=O) groups is 2. The third-order valence-corrected chi connectivity index (χ3v) is 2.56. The Hall–Kier alpha value is -2.90. The minimum atomic E-state index is -0.647. The number of rotatable bonds is 4. The summed E-state index contributed by atoms with van der Waals surface area (Å²) < 4.78 is 5.74. The average Bonchev–Trinajstić information content (AvgIpc) is 2.85. The number of amides is 2. The third kappa shape index (κ3) is 4.30. The molecule has 0 saturated carbocycles. The Kier molecular flexibility index (Phi) is 4.50. The molecule has 2 amide bonds. The summed E-state index contributed by atoms with van der Waals surface area (Å²) in [4.78, 5) is 22.9. The topological polar surface area (TPSA) is 98.1 Å². The van der Waals surface area contributed by atoms with Crippen LogP contribution in [0.4, 0.5) is 16.3 Å². The summed E-state index contributed by atoms with van der Waals surface area (Å²) in [7, 11) is 1.25. The third-order valence-electron chi connectivity index (χ3n) is 2.56. The maximum atomic E-state index is 11.9. The maximum Gasteiger partial charge on any atom is 0.412 e. The van der Waals surface area contributed by atoms with E-state index in [9.17, 15) is 9.59 Å². The summed E-state index contributed by atoms with van der Waals surface area (Å²) in [6, 6.07) is 7.47. The summed E-state index contributed by atoms with van der Waals surface area (Å²) in [5.41, 5.74) is 1.77. The van der Waals surface area contributed by atoms with Crippen molar-refractivity contribution in [3.05, 3.63) is 36.0 Å². The Bertz CT molecular complexity index is 653. The number of hydrogen-bond donors (Lipinski definition) is 2. The SMILES string of the molecule is COC(=O)Nc1cn(CC(=O)Nc2cccc(C)c2)nn1. The van der Waals surface area contributed by atoms with Crippen LogP contribution in [0.15, 0.2) is 30.5 Å². The molecule has 1 aromatic carbocycles. The lowest BCUT2D eigenvalue weighted by Crippen LogP contribution is -2.19. The van der Waals surface area contributed by atoms with E-state index in [1.54, 1.807) is 6.07 Å². The molecule has 0 radical (unpaired) electrons. The first-order valence-corrected chi connectivity index (χ1v) is 6.18. The van der Waals surface area contributed by atoms with Gasteiger partial charge in [-0.1, -0.05) is 17.3 Å². The minimum absolute atomic E-state index is 0.0101. The Morgan fingerprint density at radius 3 is 2.86 bits per heavy atom. The monoisotopic (exact) mass is 289 g/mol. The highest BCUT2D eigenvalue weighted by atomic mass is 16.5. The summed E-state index contributed by atoms with van der Waals surface area (Å²) in [5.74, 6) is -0.0275. The van der Waals surface area contributed by atoms with Crippen molar-refractivity contribution >= 4 is 23.5 Å². The second kappa shape index (κ2) is 6.51. The number of hydrogen-bond acceptors (Lipinski definition) is 5. The van der Waals surface area contributed by atoms with Crippen molar-refractivity contribution in [1.82, 2.24) is 15.0 Å². The zero-order chi connectivity index (χ0) is 15.2. The van der Waals surface area contributed by atoms with Gasteiger partial charge in [0.15, 0.2) is 5.82 Å².